The molecule has 2 aromatic carbocycles. The molecule has 7 heteroatoms. The number of carbonyl (C=O) groups is 1. The summed E-state index contributed by atoms with van der Waals surface area (Å²) in [5, 5.41) is 3.76. The van der Waals surface area contributed by atoms with Gasteiger partial charge in [-0.1, -0.05) is 50.7 Å². The van der Waals surface area contributed by atoms with Gasteiger partial charge in [-0.3, -0.25) is 4.79 Å². The van der Waals surface area contributed by atoms with Crippen molar-refractivity contribution in [3.05, 3.63) is 55.9 Å². The summed E-state index contributed by atoms with van der Waals surface area (Å²) in [6, 6.07) is 10.8. The Morgan fingerprint density at radius 3 is 2.33 bits per heavy atom. The SMILES string of the molecule is O=C(CSc1ccc(Br)cc1)Nc1cc(Cl)c(Cl)cc1Cl. The van der Waals surface area contributed by atoms with Gasteiger partial charge in [-0.25, -0.2) is 0 Å². The molecule has 0 aliphatic heterocycles. The first-order chi connectivity index (χ1) is 9.95. The number of hydrogen-bond acceptors (Lipinski definition) is 2. The van der Waals surface area contributed by atoms with E-state index in [1.54, 1.807) is 0 Å². The van der Waals surface area contributed by atoms with Crippen molar-refractivity contribution in [3.8, 4) is 0 Å². The molecule has 0 aliphatic rings. The van der Waals surface area contributed by atoms with Gasteiger partial charge in [0, 0.05) is 9.37 Å². The van der Waals surface area contributed by atoms with Gasteiger partial charge in [-0.15, -0.1) is 11.8 Å². The highest BCUT2D eigenvalue weighted by Crippen LogP contribution is 2.32. The number of benzene rings is 2. The maximum absolute atomic E-state index is 11.9. The summed E-state index contributed by atoms with van der Waals surface area (Å²) in [4.78, 5) is 12.9. The number of amides is 1. The lowest BCUT2D eigenvalue weighted by Crippen LogP contribution is -2.14. The fourth-order valence-electron chi connectivity index (χ4n) is 1.48. The Morgan fingerprint density at radius 1 is 1.05 bits per heavy atom. The monoisotopic (exact) mass is 423 g/mol. The standard InChI is InChI=1S/C14H9BrCl3NOS/c15-8-1-3-9(4-2-8)21-7-14(20)19-13-6-11(17)10(16)5-12(13)18/h1-6H,7H2,(H,19,20). The molecule has 0 bridgehead atoms. The molecule has 0 spiro atoms. The molecule has 0 heterocycles. The topological polar surface area (TPSA) is 29.1 Å². The van der Waals surface area contributed by atoms with Crippen LogP contribution in [-0.2, 0) is 4.79 Å². The van der Waals surface area contributed by atoms with Gasteiger partial charge in [-0.05, 0) is 36.4 Å². The molecule has 0 atom stereocenters. The van der Waals surface area contributed by atoms with E-state index in [1.807, 2.05) is 24.3 Å². The van der Waals surface area contributed by atoms with Crippen molar-refractivity contribution in [1.82, 2.24) is 0 Å². The lowest BCUT2D eigenvalue weighted by atomic mass is 10.3. The second-order valence-electron chi connectivity index (χ2n) is 4.04. The molecule has 2 aromatic rings. The van der Waals surface area contributed by atoms with Gasteiger partial charge >= 0.3 is 0 Å². The van der Waals surface area contributed by atoms with E-state index < -0.39 is 0 Å². The maximum Gasteiger partial charge on any atom is 0.234 e. The molecule has 1 N–H and O–H groups in total. The minimum absolute atomic E-state index is 0.164. The van der Waals surface area contributed by atoms with Crippen molar-refractivity contribution < 1.29 is 4.79 Å². The summed E-state index contributed by atoms with van der Waals surface area (Å²) < 4.78 is 0.999. The average molecular weight is 426 g/mol. The van der Waals surface area contributed by atoms with Crippen molar-refractivity contribution in [2.45, 2.75) is 4.90 Å². The summed E-state index contributed by atoms with van der Waals surface area (Å²) >= 11 is 22.6. The van der Waals surface area contributed by atoms with E-state index in [9.17, 15) is 4.79 Å². The van der Waals surface area contributed by atoms with Crippen molar-refractivity contribution in [2.24, 2.45) is 0 Å². The van der Waals surface area contributed by atoms with Crippen LogP contribution in [-0.4, -0.2) is 11.7 Å². The van der Waals surface area contributed by atoms with Crippen molar-refractivity contribution >= 4 is 74.1 Å². The van der Waals surface area contributed by atoms with Gasteiger partial charge in [0.15, 0.2) is 0 Å². The van der Waals surface area contributed by atoms with Crippen LogP contribution < -0.4 is 5.32 Å². The van der Waals surface area contributed by atoms with Crippen LogP contribution in [0.3, 0.4) is 0 Å². The van der Waals surface area contributed by atoms with Crippen LogP contribution in [0.2, 0.25) is 15.1 Å². The molecule has 0 saturated heterocycles. The van der Waals surface area contributed by atoms with E-state index in [2.05, 4.69) is 21.2 Å². The first-order valence-corrected chi connectivity index (χ1v) is 8.69. The minimum Gasteiger partial charge on any atom is -0.324 e. The third-order valence-electron chi connectivity index (χ3n) is 2.47. The zero-order chi connectivity index (χ0) is 15.4. The van der Waals surface area contributed by atoms with Gasteiger partial charge in [0.05, 0.1) is 26.5 Å². The number of hydrogen-bond donors (Lipinski definition) is 1. The fourth-order valence-corrected chi connectivity index (χ4v) is 3.04. The second kappa shape index (κ2) is 7.75. The van der Waals surface area contributed by atoms with E-state index in [-0.39, 0.29) is 11.7 Å². The average Bonchev–Trinajstić information content (AvgIpc) is 2.44. The van der Waals surface area contributed by atoms with Crippen molar-refractivity contribution in [2.75, 3.05) is 11.1 Å². The summed E-state index contributed by atoms with van der Waals surface area (Å²) in [5.41, 5.74) is 0.451. The zero-order valence-corrected chi connectivity index (χ0v) is 15.2. The van der Waals surface area contributed by atoms with Crippen LogP contribution in [0.25, 0.3) is 0 Å². The molecule has 110 valence electrons. The van der Waals surface area contributed by atoms with E-state index in [4.69, 9.17) is 34.8 Å². The molecular formula is C14H9BrCl3NOS. The maximum atomic E-state index is 11.9. The van der Waals surface area contributed by atoms with E-state index in [0.29, 0.717) is 20.8 Å². The number of halogens is 4. The number of nitrogens with one attached hydrogen (secondary N) is 1. The molecule has 1 amide bonds. The number of rotatable bonds is 4. The molecule has 0 aliphatic carbocycles. The predicted octanol–water partition coefficient (Wildman–Crippen LogP) is 6.14. The highest BCUT2D eigenvalue weighted by atomic mass is 79.9. The molecular weight excluding hydrogens is 416 g/mol. The van der Waals surface area contributed by atoms with Gasteiger partial charge in [-0.2, -0.15) is 0 Å². The molecule has 0 saturated carbocycles. The first-order valence-electron chi connectivity index (χ1n) is 5.78. The van der Waals surface area contributed by atoms with E-state index >= 15 is 0 Å². The smallest absolute Gasteiger partial charge is 0.234 e. The Morgan fingerprint density at radius 2 is 1.67 bits per heavy atom. The summed E-state index contributed by atoms with van der Waals surface area (Å²) in [6.45, 7) is 0. The van der Waals surface area contributed by atoms with Crippen LogP contribution in [0.1, 0.15) is 0 Å². The molecule has 0 fully saturated rings. The minimum atomic E-state index is -0.164. The first kappa shape index (κ1) is 17.0. The molecule has 0 radical (unpaired) electrons. The van der Waals surface area contributed by atoms with Gasteiger partial charge in [0.1, 0.15) is 0 Å². The molecule has 0 aromatic heterocycles. The largest absolute Gasteiger partial charge is 0.324 e. The third kappa shape index (κ3) is 5.08. The highest BCUT2D eigenvalue weighted by molar-refractivity contribution is 9.10. The number of thioether (sulfide) groups is 1. The van der Waals surface area contributed by atoms with Crippen LogP contribution in [0.15, 0.2) is 45.8 Å². The van der Waals surface area contributed by atoms with Gasteiger partial charge in [0.25, 0.3) is 0 Å². The molecule has 2 nitrogen and oxygen atoms in total. The summed E-state index contributed by atoms with van der Waals surface area (Å²) in [5.74, 6) is 0.112. The summed E-state index contributed by atoms with van der Waals surface area (Å²) in [7, 11) is 0. The third-order valence-corrected chi connectivity index (χ3v) is 5.04. The fraction of sp³-hybridized carbons (Fsp3) is 0.0714. The Balaban J connectivity index is 1.96. The predicted molar refractivity (Wildman–Crippen MR) is 95.0 cm³/mol. The highest BCUT2D eigenvalue weighted by Gasteiger charge is 2.09. The van der Waals surface area contributed by atoms with Crippen LogP contribution in [0.4, 0.5) is 5.69 Å². The second-order valence-corrected chi connectivity index (χ2v) is 7.22. The lowest BCUT2D eigenvalue weighted by Gasteiger charge is -2.08. The zero-order valence-electron chi connectivity index (χ0n) is 10.5. The Hall–Kier alpha value is -0.390. The van der Waals surface area contributed by atoms with Crippen LogP contribution in [0.5, 0.6) is 0 Å². The van der Waals surface area contributed by atoms with Gasteiger partial charge < -0.3 is 5.32 Å². The number of anilines is 1. The Bertz CT molecular complexity index is 664. The Kier molecular flexibility index (Phi) is 6.26. The normalized spacial score (nSPS) is 10.5. The van der Waals surface area contributed by atoms with Crippen LogP contribution in [0, 0.1) is 0 Å². The summed E-state index contributed by atoms with van der Waals surface area (Å²) in [6.07, 6.45) is 0. The molecule has 2 rings (SSSR count). The molecule has 0 unspecified atom stereocenters. The van der Waals surface area contributed by atoms with Crippen molar-refractivity contribution in [3.63, 3.8) is 0 Å². The lowest BCUT2D eigenvalue weighted by molar-refractivity contribution is -0.113. The quantitative estimate of drug-likeness (QED) is 0.471. The van der Waals surface area contributed by atoms with E-state index in [1.165, 1.54) is 23.9 Å². The van der Waals surface area contributed by atoms with E-state index in [0.717, 1.165) is 9.37 Å². The molecule has 21 heavy (non-hydrogen) atoms. The van der Waals surface area contributed by atoms with Crippen molar-refractivity contribution in [1.29, 1.82) is 0 Å². The number of carbonyl (C=O) groups excluding carboxylic acids is 1. The Labute approximate surface area is 150 Å². The van der Waals surface area contributed by atoms with Gasteiger partial charge in [0.2, 0.25) is 5.91 Å². The van der Waals surface area contributed by atoms with Crippen LogP contribution >= 0.6 is 62.5 Å².